The second-order valence-electron chi connectivity index (χ2n) is 5.92. The maximum Gasteiger partial charge on any atom is 0.249 e. The van der Waals surface area contributed by atoms with Crippen LogP contribution >= 0.6 is 0 Å². The van der Waals surface area contributed by atoms with Crippen LogP contribution in [0.2, 0.25) is 0 Å². The van der Waals surface area contributed by atoms with E-state index in [0.717, 1.165) is 16.7 Å². The van der Waals surface area contributed by atoms with E-state index in [0.29, 0.717) is 11.7 Å². The molecule has 0 bridgehead atoms. The summed E-state index contributed by atoms with van der Waals surface area (Å²) in [6.45, 7) is 3.76. The summed E-state index contributed by atoms with van der Waals surface area (Å²) in [6, 6.07) is 13.2. The fourth-order valence-electron chi connectivity index (χ4n) is 2.45. The molecule has 1 aromatic heterocycles. The van der Waals surface area contributed by atoms with E-state index >= 15 is 0 Å². The Labute approximate surface area is 144 Å². The average Bonchev–Trinajstić information content (AvgIpc) is 3.07. The topological polar surface area (TPSA) is 68.0 Å². The minimum Gasteiger partial charge on any atom is -0.344 e. The van der Waals surface area contributed by atoms with Crippen LogP contribution < -0.4 is 5.32 Å². The number of aromatic nitrogens is 2. The number of rotatable bonds is 5. The number of carbonyl (C=O) groups excluding carboxylic acids is 1. The van der Waals surface area contributed by atoms with Crippen LogP contribution in [0.1, 0.15) is 30.0 Å². The molecule has 5 nitrogen and oxygen atoms in total. The van der Waals surface area contributed by atoms with Crippen molar-refractivity contribution in [1.29, 1.82) is 0 Å². The largest absolute Gasteiger partial charge is 0.344 e. The average molecular weight is 339 g/mol. The third kappa shape index (κ3) is 4.29. The third-order valence-corrected chi connectivity index (χ3v) is 3.74. The summed E-state index contributed by atoms with van der Waals surface area (Å²) in [7, 11) is 0. The number of nitrogens with one attached hydrogen (secondary N) is 1. The van der Waals surface area contributed by atoms with Crippen molar-refractivity contribution in [1.82, 2.24) is 15.5 Å². The van der Waals surface area contributed by atoms with Gasteiger partial charge in [-0.15, -0.1) is 0 Å². The van der Waals surface area contributed by atoms with Crippen molar-refractivity contribution in [2.45, 2.75) is 26.3 Å². The zero-order valence-corrected chi connectivity index (χ0v) is 14.0. The molecule has 0 fully saturated rings. The van der Waals surface area contributed by atoms with Crippen molar-refractivity contribution in [3.05, 3.63) is 71.4 Å². The molecule has 0 aliphatic rings. The first-order valence-electron chi connectivity index (χ1n) is 7.96. The Hall–Kier alpha value is -3.02. The zero-order valence-electron chi connectivity index (χ0n) is 14.0. The minimum absolute atomic E-state index is 0.156. The van der Waals surface area contributed by atoms with E-state index < -0.39 is 6.04 Å². The van der Waals surface area contributed by atoms with Crippen molar-refractivity contribution in [3.8, 4) is 11.4 Å². The van der Waals surface area contributed by atoms with Gasteiger partial charge in [0, 0.05) is 5.56 Å². The molecule has 3 aromatic rings. The van der Waals surface area contributed by atoms with Crippen LogP contribution in [0.25, 0.3) is 11.4 Å². The molecule has 25 heavy (non-hydrogen) atoms. The van der Waals surface area contributed by atoms with Gasteiger partial charge in [-0.25, -0.2) is 4.39 Å². The first kappa shape index (κ1) is 16.8. The van der Waals surface area contributed by atoms with Crippen LogP contribution in [0.3, 0.4) is 0 Å². The van der Waals surface area contributed by atoms with Crippen LogP contribution in [0.5, 0.6) is 0 Å². The molecule has 0 unspecified atom stereocenters. The first-order chi connectivity index (χ1) is 12.0. The maximum absolute atomic E-state index is 12.9. The molecule has 0 saturated heterocycles. The summed E-state index contributed by atoms with van der Waals surface area (Å²) in [5.74, 6) is 0.295. The van der Waals surface area contributed by atoms with Crippen molar-refractivity contribution in [2.24, 2.45) is 0 Å². The van der Waals surface area contributed by atoms with E-state index in [9.17, 15) is 9.18 Å². The number of carbonyl (C=O) groups is 1. The lowest BCUT2D eigenvalue weighted by atomic mass is 10.1. The molecule has 6 heteroatoms. The molecule has 1 N–H and O–H groups in total. The molecule has 0 aliphatic heterocycles. The predicted molar refractivity (Wildman–Crippen MR) is 91.1 cm³/mol. The highest BCUT2D eigenvalue weighted by Gasteiger charge is 2.17. The van der Waals surface area contributed by atoms with Gasteiger partial charge in [0.15, 0.2) is 0 Å². The Morgan fingerprint density at radius 2 is 2.00 bits per heavy atom. The number of halogens is 1. The summed E-state index contributed by atoms with van der Waals surface area (Å²) in [5, 5.41) is 6.78. The van der Waals surface area contributed by atoms with E-state index in [4.69, 9.17) is 4.52 Å². The highest BCUT2D eigenvalue weighted by atomic mass is 19.1. The maximum atomic E-state index is 12.9. The fourth-order valence-corrected chi connectivity index (χ4v) is 2.45. The Bertz CT molecular complexity index is 874. The summed E-state index contributed by atoms with van der Waals surface area (Å²) in [4.78, 5) is 16.5. The molecule has 1 atom stereocenters. The molecular weight excluding hydrogens is 321 g/mol. The van der Waals surface area contributed by atoms with Gasteiger partial charge in [0.25, 0.3) is 0 Å². The second kappa shape index (κ2) is 7.25. The Kier molecular flexibility index (Phi) is 4.88. The second-order valence-corrected chi connectivity index (χ2v) is 5.92. The van der Waals surface area contributed by atoms with Crippen LogP contribution in [-0.4, -0.2) is 16.0 Å². The Morgan fingerprint density at radius 1 is 1.24 bits per heavy atom. The number of amides is 1. The molecule has 2 aromatic carbocycles. The van der Waals surface area contributed by atoms with Gasteiger partial charge in [-0.2, -0.15) is 4.98 Å². The molecule has 0 aliphatic carbocycles. The van der Waals surface area contributed by atoms with E-state index in [1.807, 2.05) is 31.2 Å². The summed E-state index contributed by atoms with van der Waals surface area (Å²) >= 11 is 0. The number of hydrogen-bond donors (Lipinski definition) is 1. The number of hydrogen-bond acceptors (Lipinski definition) is 4. The van der Waals surface area contributed by atoms with Gasteiger partial charge in [0.05, 0.1) is 6.42 Å². The Balaban J connectivity index is 1.64. The van der Waals surface area contributed by atoms with E-state index in [-0.39, 0.29) is 18.1 Å². The van der Waals surface area contributed by atoms with Gasteiger partial charge in [0.1, 0.15) is 11.9 Å². The Morgan fingerprint density at radius 3 is 2.72 bits per heavy atom. The zero-order chi connectivity index (χ0) is 17.8. The lowest BCUT2D eigenvalue weighted by Gasteiger charge is -2.09. The fraction of sp³-hybridized carbons (Fsp3) is 0.211. The number of benzene rings is 2. The summed E-state index contributed by atoms with van der Waals surface area (Å²) in [5.41, 5.74) is 2.70. The molecule has 3 rings (SSSR count). The van der Waals surface area contributed by atoms with Gasteiger partial charge in [0.2, 0.25) is 17.6 Å². The smallest absolute Gasteiger partial charge is 0.249 e. The number of nitrogens with zero attached hydrogens (tertiary/aromatic N) is 2. The van der Waals surface area contributed by atoms with E-state index in [1.165, 1.54) is 12.1 Å². The monoisotopic (exact) mass is 339 g/mol. The molecule has 1 amide bonds. The highest BCUT2D eigenvalue weighted by Crippen LogP contribution is 2.19. The van der Waals surface area contributed by atoms with Crippen molar-refractivity contribution in [3.63, 3.8) is 0 Å². The predicted octanol–water partition coefficient (Wildman–Crippen LogP) is 3.60. The van der Waals surface area contributed by atoms with Crippen LogP contribution in [0, 0.1) is 12.7 Å². The normalized spacial score (nSPS) is 12.0. The molecule has 0 saturated carbocycles. The van der Waals surface area contributed by atoms with Crippen molar-refractivity contribution < 1.29 is 13.7 Å². The first-order valence-corrected chi connectivity index (χ1v) is 7.96. The van der Waals surface area contributed by atoms with E-state index in [2.05, 4.69) is 15.5 Å². The molecule has 128 valence electrons. The number of aryl methyl sites for hydroxylation is 1. The minimum atomic E-state index is -0.418. The van der Waals surface area contributed by atoms with E-state index in [1.54, 1.807) is 19.1 Å². The lowest BCUT2D eigenvalue weighted by Crippen LogP contribution is -2.28. The standard InChI is InChI=1S/C19H18FN3O2/c1-12-4-3-5-15(10-12)18-22-19(25-23-18)13(2)21-17(24)11-14-6-8-16(20)9-7-14/h3-10,13H,11H2,1-2H3,(H,21,24)/t13-/m0/s1. The van der Waals surface area contributed by atoms with Crippen LogP contribution in [0.15, 0.2) is 53.1 Å². The van der Waals surface area contributed by atoms with Gasteiger partial charge in [-0.1, -0.05) is 41.1 Å². The molecule has 1 heterocycles. The molecule has 0 spiro atoms. The van der Waals surface area contributed by atoms with Crippen LogP contribution in [-0.2, 0) is 11.2 Å². The lowest BCUT2D eigenvalue weighted by molar-refractivity contribution is -0.121. The third-order valence-electron chi connectivity index (χ3n) is 3.74. The van der Waals surface area contributed by atoms with Gasteiger partial charge < -0.3 is 9.84 Å². The van der Waals surface area contributed by atoms with Gasteiger partial charge in [-0.3, -0.25) is 4.79 Å². The van der Waals surface area contributed by atoms with Crippen molar-refractivity contribution >= 4 is 5.91 Å². The summed E-state index contributed by atoms with van der Waals surface area (Å²) < 4.78 is 18.2. The van der Waals surface area contributed by atoms with Gasteiger partial charge >= 0.3 is 0 Å². The van der Waals surface area contributed by atoms with Gasteiger partial charge in [-0.05, 0) is 37.6 Å². The van der Waals surface area contributed by atoms with Crippen molar-refractivity contribution in [2.75, 3.05) is 0 Å². The summed E-state index contributed by atoms with van der Waals surface area (Å²) in [6.07, 6.45) is 0.156. The molecule has 0 radical (unpaired) electrons. The quantitative estimate of drug-likeness (QED) is 0.771. The molecular formula is C19H18FN3O2. The highest BCUT2D eigenvalue weighted by molar-refractivity contribution is 5.78. The SMILES string of the molecule is Cc1cccc(-c2noc([C@H](C)NC(=O)Cc3ccc(F)cc3)n2)c1. The van der Waals surface area contributed by atoms with Crippen LogP contribution in [0.4, 0.5) is 4.39 Å².